The van der Waals surface area contributed by atoms with Crippen molar-refractivity contribution >= 4 is 45.3 Å². The number of rotatable bonds is 7. The fourth-order valence-corrected chi connectivity index (χ4v) is 3.09. The molecule has 1 aromatic carbocycles. The van der Waals surface area contributed by atoms with Crippen LogP contribution in [0.3, 0.4) is 0 Å². The van der Waals surface area contributed by atoms with Gasteiger partial charge in [-0.2, -0.15) is 0 Å². The van der Waals surface area contributed by atoms with Gasteiger partial charge in [0.25, 0.3) is 0 Å². The number of benzene rings is 1. The predicted molar refractivity (Wildman–Crippen MR) is 98.7 cm³/mol. The SMILES string of the molecule is CCC(C)OC(=O)C(C)Sc1cc(NC(=O)C(C)C)c(F)cc1Br. The molecule has 7 heteroatoms. The van der Waals surface area contributed by atoms with Gasteiger partial charge in [0.2, 0.25) is 5.91 Å². The number of anilines is 1. The molecule has 4 nitrogen and oxygen atoms in total. The third-order valence-electron chi connectivity index (χ3n) is 3.33. The number of thioether (sulfide) groups is 1. The lowest BCUT2D eigenvalue weighted by Gasteiger charge is -2.17. The van der Waals surface area contributed by atoms with Gasteiger partial charge >= 0.3 is 5.97 Å². The molecule has 0 aliphatic carbocycles. The number of carbonyl (C=O) groups excluding carboxylic acids is 2. The summed E-state index contributed by atoms with van der Waals surface area (Å²) in [4.78, 5) is 24.5. The first-order chi connectivity index (χ1) is 11.1. The molecule has 0 aliphatic heterocycles. The summed E-state index contributed by atoms with van der Waals surface area (Å²) in [5, 5.41) is 2.11. The predicted octanol–water partition coefficient (Wildman–Crippen LogP) is 5.01. The number of ether oxygens (including phenoxy) is 1. The van der Waals surface area contributed by atoms with Crippen molar-refractivity contribution in [3.8, 4) is 0 Å². The summed E-state index contributed by atoms with van der Waals surface area (Å²) in [6.45, 7) is 8.97. The van der Waals surface area contributed by atoms with Crippen LogP contribution in [0.2, 0.25) is 0 Å². The Morgan fingerprint density at radius 2 is 1.92 bits per heavy atom. The van der Waals surface area contributed by atoms with Crippen LogP contribution >= 0.6 is 27.7 Å². The number of esters is 1. The topological polar surface area (TPSA) is 55.4 Å². The molecule has 0 fully saturated rings. The zero-order chi connectivity index (χ0) is 18.4. The largest absolute Gasteiger partial charge is 0.462 e. The molecule has 1 aromatic rings. The number of halogens is 2. The first-order valence-corrected chi connectivity index (χ1v) is 9.50. The Labute approximate surface area is 155 Å². The van der Waals surface area contributed by atoms with Crippen molar-refractivity contribution < 1.29 is 18.7 Å². The van der Waals surface area contributed by atoms with Gasteiger partial charge in [-0.25, -0.2) is 4.39 Å². The van der Waals surface area contributed by atoms with E-state index in [1.165, 1.54) is 23.9 Å². The summed E-state index contributed by atoms with van der Waals surface area (Å²) in [5.74, 6) is -1.38. The van der Waals surface area contributed by atoms with Gasteiger partial charge in [0.05, 0.1) is 11.8 Å². The summed E-state index contributed by atoms with van der Waals surface area (Å²) in [7, 11) is 0. The molecule has 1 rings (SSSR count). The van der Waals surface area contributed by atoms with Crippen LogP contribution in [-0.4, -0.2) is 23.2 Å². The van der Waals surface area contributed by atoms with Crippen LogP contribution in [0.1, 0.15) is 41.0 Å². The Morgan fingerprint density at radius 3 is 2.46 bits per heavy atom. The molecule has 0 saturated heterocycles. The minimum Gasteiger partial charge on any atom is -0.462 e. The van der Waals surface area contributed by atoms with Crippen LogP contribution in [-0.2, 0) is 14.3 Å². The molecule has 0 bridgehead atoms. The Bertz CT molecular complexity index is 610. The molecule has 24 heavy (non-hydrogen) atoms. The van der Waals surface area contributed by atoms with E-state index in [-0.39, 0.29) is 29.6 Å². The fraction of sp³-hybridized carbons (Fsp3) is 0.529. The Kier molecular flexibility index (Phi) is 8.22. The molecule has 1 N–H and O–H groups in total. The number of carbonyl (C=O) groups is 2. The first kappa shape index (κ1) is 21.0. The quantitative estimate of drug-likeness (QED) is 0.498. The maximum Gasteiger partial charge on any atom is 0.319 e. The number of nitrogens with one attached hydrogen (secondary N) is 1. The average Bonchev–Trinajstić information content (AvgIpc) is 2.51. The van der Waals surface area contributed by atoms with Gasteiger partial charge in [0.15, 0.2) is 0 Å². The smallest absolute Gasteiger partial charge is 0.319 e. The standard InChI is InChI=1S/C17H23BrFNO3S/c1-6-10(4)23-17(22)11(5)24-15-8-14(13(19)7-12(15)18)20-16(21)9(2)3/h7-11H,6H2,1-5H3,(H,20,21). The molecule has 0 radical (unpaired) electrons. The van der Waals surface area contributed by atoms with Crippen molar-refractivity contribution in [1.29, 1.82) is 0 Å². The van der Waals surface area contributed by atoms with E-state index in [1.807, 2.05) is 13.8 Å². The molecular formula is C17H23BrFNO3S. The van der Waals surface area contributed by atoms with Gasteiger partial charge in [-0.1, -0.05) is 20.8 Å². The molecule has 0 aliphatic rings. The minimum atomic E-state index is -0.532. The van der Waals surface area contributed by atoms with Gasteiger partial charge in [0.1, 0.15) is 11.1 Å². The van der Waals surface area contributed by atoms with Crippen LogP contribution in [0, 0.1) is 11.7 Å². The second-order valence-corrected chi connectivity index (χ2v) is 8.06. The summed E-state index contributed by atoms with van der Waals surface area (Å²) in [6.07, 6.45) is 0.604. The number of hydrogen-bond donors (Lipinski definition) is 1. The van der Waals surface area contributed by atoms with Crippen molar-refractivity contribution in [2.45, 2.75) is 57.3 Å². The molecule has 0 saturated carbocycles. The maximum absolute atomic E-state index is 14.0. The van der Waals surface area contributed by atoms with Gasteiger partial charge in [-0.3, -0.25) is 9.59 Å². The van der Waals surface area contributed by atoms with Crippen LogP contribution in [0.5, 0.6) is 0 Å². The molecular weight excluding hydrogens is 397 g/mol. The maximum atomic E-state index is 14.0. The highest BCUT2D eigenvalue weighted by Crippen LogP contribution is 2.35. The van der Waals surface area contributed by atoms with E-state index in [2.05, 4.69) is 21.2 Å². The van der Waals surface area contributed by atoms with E-state index in [0.29, 0.717) is 9.37 Å². The summed E-state index contributed by atoms with van der Waals surface area (Å²) in [6, 6.07) is 2.81. The second kappa shape index (κ2) is 9.42. The molecule has 2 atom stereocenters. The van der Waals surface area contributed by atoms with Gasteiger partial charge in [-0.15, -0.1) is 11.8 Å². The number of hydrogen-bond acceptors (Lipinski definition) is 4. The lowest BCUT2D eigenvalue weighted by Crippen LogP contribution is -2.22. The van der Waals surface area contributed by atoms with Crippen molar-refractivity contribution in [2.24, 2.45) is 5.92 Å². The van der Waals surface area contributed by atoms with E-state index in [1.54, 1.807) is 20.8 Å². The summed E-state index contributed by atoms with van der Waals surface area (Å²) < 4.78 is 19.9. The summed E-state index contributed by atoms with van der Waals surface area (Å²) in [5.41, 5.74) is 0.0990. The minimum absolute atomic E-state index is 0.0990. The highest BCUT2D eigenvalue weighted by molar-refractivity contribution is 9.10. The Morgan fingerprint density at radius 1 is 1.29 bits per heavy atom. The van der Waals surface area contributed by atoms with E-state index in [4.69, 9.17) is 4.74 Å². The third kappa shape index (κ3) is 6.09. The zero-order valence-corrected chi connectivity index (χ0v) is 16.9. The van der Waals surface area contributed by atoms with E-state index < -0.39 is 11.1 Å². The molecule has 0 spiro atoms. The Hall–Kier alpha value is -1.08. The van der Waals surface area contributed by atoms with Crippen molar-refractivity contribution in [1.82, 2.24) is 0 Å². The fourth-order valence-electron chi connectivity index (χ4n) is 1.61. The zero-order valence-electron chi connectivity index (χ0n) is 14.5. The summed E-state index contributed by atoms with van der Waals surface area (Å²) >= 11 is 4.54. The monoisotopic (exact) mass is 419 g/mol. The van der Waals surface area contributed by atoms with E-state index in [0.717, 1.165) is 6.42 Å². The van der Waals surface area contributed by atoms with Gasteiger partial charge in [-0.05, 0) is 48.3 Å². The van der Waals surface area contributed by atoms with Crippen molar-refractivity contribution in [2.75, 3.05) is 5.32 Å². The van der Waals surface area contributed by atoms with Crippen molar-refractivity contribution in [3.63, 3.8) is 0 Å². The number of amides is 1. The van der Waals surface area contributed by atoms with Crippen LogP contribution in [0.15, 0.2) is 21.5 Å². The highest BCUT2D eigenvalue weighted by Gasteiger charge is 2.21. The van der Waals surface area contributed by atoms with Crippen LogP contribution in [0.4, 0.5) is 10.1 Å². The first-order valence-electron chi connectivity index (χ1n) is 7.82. The molecule has 0 heterocycles. The van der Waals surface area contributed by atoms with E-state index >= 15 is 0 Å². The lowest BCUT2D eigenvalue weighted by atomic mass is 10.2. The van der Waals surface area contributed by atoms with Crippen LogP contribution < -0.4 is 5.32 Å². The molecule has 0 aromatic heterocycles. The molecule has 134 valence electrons. The van der Waals surface area contributed by atoms with Gasteiger partial charge in [0, 0.05) is 15.3 Å². The second-order valence-electron chi connectivity index (χ2n) is 5.82. The molecule has 1 amide bonds. The van der Waals surface area contributed by atoms with Gasteiger partial charge < -0.3 is 10.1 Å². The van der Waals surface area contributed by atoms with Crippen molar-refractivity contribution in [3.05, 3.63) is 22.4 Å². The van der Waals surface area contributed by atoms with E-state index in [9.17, 15) is 14.0 Å². The average molecular weight is 420 g/mol. The lowest BCUT2D eigenvalue weighted by molar-refractivity contribution is -0.147. The normalized spacial score (nSPS) is 13.5. The molecule has 2 unspecified atom stereocenters. The highest BCUT2D eigenvalue weighted by atomic mass is 79.9. The third-order valence-corrected chi connectivity index (χ3v) is 5.39. The van der Waals surface area contributed by atoms with Crippen LogP contribution in [0.25, 0.3) is 0 Å². The Balaban J connectivity index is 2.91.